The summed E-state index contributed by atoms with van der Waals surface area (Å²) in [4.78, 5) is 14.0. The number of rotatable bonds is 3. The van der Waals surface area contributed by atoms with E-state index < -0.39 is 0 Å². The van der Waals surface area contributed by atoms with E-state index in [1.54, 1.807) is 0 Å². The molecule has 1 aromatic rings. The van der Waals surface area contributed by atoms with Gasteiger partial charge < -0.3 is 10.6 Å². The fraction of sp³-hybridized carbons (Fsp3) is 0.562. The average Bonchev–Trinajstić information content (AvgIpc) is 2.51. The van der Waals surface area contributed by atoms with Gasteiger partial charge in [-0.2, -0.15) is 0 Å². The van der Waals surface area contributed by atoms with Crippen LogP contribution in [0.5, 0.6) is 0 Å². The summed E-state index contributed by atoms with van der Waals surface area (Å²) in [5, 5.41) is 0. The minimum absolute atomic E-state index is 0.161. The second-order valence-electron chi connectivity index (χ2n) is 6.40. The van der Waals surface area contributed by atoms with Crippen LogP contribution in [0, 0.1) is 11.2 Å². The molecule has 0 aromatic heterocycles. The molecule has 1 aliphatic heterocycles. The van der Waals surface area contributed by atoms with Gasteiger partial charge >= 0.3 is 0 Å². The lowest BCUT2D eigenvalue weighted by atomic mass is 9.85. The van der Waals surface area contributed by atoms with Gasteiger partial charge in [0.1, 0.15) is 5.82 Å². The number of halogens is 1. The molecule has 0 aliphatic carbocycles. The lowest BCUT2D eigenvalue weighted by molar-refractivity contribution is -0.131. The molecule has 4 heteroatoms. The van der Waals surface area contributed by atoms with Crippen molar-refractivity contribution in [3.05, 3.63) is 35.1 Å². The summed E-state index contributed by atoms with van der Waals surface area (Å²) < 4.78 is 13.5. The number of likely N-dealkylation sites (tertiary alicyclic amines) is 1. The highest BCUT2D eigenvalue weighted by Gasteiger charge is 2.27. The Balaban J connectivity index is 2.12. The van der Waals surface area contributed by atoms with Gasteiger partial charge in [0.2, 0.25) is 5.91 Å². The van der Waals surface area contributed by atoms with Gasteiger partial charge in [0.15, 0.2) is 0 Å². The van der Waals surface area contributed by atoms with E-state index in [1.165, 1.54) is 12.1 Å². The van der Waals surface area contributed by atoms with Crippen molar-refractivity contribution < 1.29 is 9.18 Å². The zero-order chi connectivity index (χ0) is 14.8. The molecule has 2 N–H and O–H groups in total. The molecule has 0 saturated carbocycles. The molecule has 2 rings (SSSR count). The Hall–Kier alpha value is -1.42. The first-order valence-corrected chi connectivity index (χ1v) is 7.16. The second kappa shape index (κ2) is 5.92. The minimum atomic E-state index is -0.287. The highest BCUT2D eigenvalue weighted by Crippen LogP contribution is 2.30. The summed E-state index contributed by atoms with van der Waals surface area (Å²) in [6.45, 7) is 5.91. The standard InChI is InChI=1S/C16H23FN2O/c1-16(2)4-3-15(20)19(6-5-16)11-13-7-12(10-18)8-14(17)9-13/h7-9H,3-6,10-11,18H2,1-2H3. The molecule has 0 spiro atoms. The predicted octanol–water partition coefficient (Wildman–Crippen LogP) is 2.82. The number of carbonyl (C=O) groups is 1. The van der Waals surface area contributed by atoms with E-state index >= 15 is 0 Å². The summed E-state index contributed by atoms with van der Waals surface area (Å²) in [5.74, 6) is -0.125. The van der Waals surface area contributed by atoms with Crippen LogP contribution in [-0.4, -0.2) is 17.4 Å². The minimum Gasteiger partial charge on any atom is -0.338 e. The Morgan fingerprint density at radius 2 is 1.95 bits per heavy atom. The van der Waals surface area contributed by atoms with E-state index in [4.69, 9.17) is 5.73 Å². The number of amides is 1. The highest BCUT2D eigenvalue weighted by molar-refractivity contribution is 5.76. The number of hydrogen-bond donors (Lipinski definition) is 1. The number of hydrogen-bond acceptors (Lipinski definition) is 2. The summed E-state index contributed by atoms with van der Waals surface area (Å²) in [7, 11) is 0. The van der Waals surface area contributed by atoms with E-state index in [-0.39, 0.29) is 17.1 Å². The lowest BCUT2D eigenvalue weighted by Crippen LogP contribution is -2.30. The van der Waals surface area contributed by atoms with Gasteiger partial charge in [-0.3, -0.25) is 4.79 Å². The SMILES string of the molecule is CC1(C)CCC(=O)N(Cc2cc(F)cc(CN)c2)CC1. The van der Waals surface area contributed by atoms with Crippen molar-refractivity contribution in [2.45, 2.75) is 46.2 Å². The number of benzene rings is 1. The highest BCUT2D eigenvalue weighted by atomic mass is 19.1. The third-order valence-corrected chi connectivity index (χ3v) is 4.05. The number of nitrogens with two attached hydrogens (primary N) is 1. The molecular formula is C16H23FN2O. The maximum atomic E-state index is 13.5. The fourth-order valence-corrected chi connectivity index (χ4v) is 2.60. The van der Waals surface area contributed by atoms with Crippen molar-refractivity contribution in [3.63, 3.8) is 0 Å². The largest absolute Gasteiger partial charge is 0.338 e. The summed E-state index contributed by atoms with van der Waals surface area (Å²) in [6.07, 6.45) is 2.48. The zero-order valence-electron chi connectivity index (χ0n) is 12.3. The Bertz CT molecular complexity index is 499. The van der Waals surface area contributed by atoms with Crippen LogP contribution in [0.3, 0.4) is 0 Å². The van der Waals surface area contributed by atoms with Crippen LogP contribution in [0.2, 0.25) is 0 Å². The van der Waals surface area contributed by atoms with Crippen molar-refractivity contribution in [1.82, 2.24) is 4.90 Å². The van der Waals surface area contributed by atoms with E-state index in [0.717, 1.165) is 30.5 Å². The molecular weight excluding hydrogens is 255 g/mol. The van der Waals surface area contributed by atoms with Crippen LogP contribution < -0.4 is 5.73 Å². The van der Waals surface area contributed by atoms with E-state index in [9.17, 15) is 9.18 Å². The molecule has 0 bridgehead atoms. The molecule has 1 amide bonds. The molecule has 1 fully saturated rings. The molecule has 0 unspecified atom stereocenters. The lowest BCUT2D eigenvalue weighted by Gasteiger charge is -2.23. The third kappa shape index (κ3) is 3.79. The van der Waals surface area contributed by atoms with Gasteiger partial charge in [0.05, 0.1) is 0 Å². The quantitative estimate of drug-likeness (QED) is 0.924. The molecule has 1 heterocycles. The summed E-state index contributed by atoms with van der Waals surface area (Å²) >= 11 is 0. The zero-order valence-corrected chi connectivity index (χ0v) is 12.3. The molecule has 1 saturated heterocycles. The maximum Gasteiger partial charge on any atom is 0.222 e. The third-order valence-electron chi connectivity index (χ3n) is 4.05. The van der Waals surface area contributed by atoms with E-state index in [0.29, 0.717) is 19.5 Å². The molecule has 20 heavy (non-hydrogen) atoms. The molecule has 3 nitrogen and oxygen atoms in total. The van der Waals surface area contributed by atoms with Gasteiger partial charge in [-0.05, 0) is 41.5 Å². The van der Waals surface area contributed by atoms with E-state index in [1.807, 2.05) is 11.0 Å². The van der Waals surface area contributed by atoms with Gasteiger partial charge in [0, 0.05) is 26.1 Å². The first-order chi connectivity index (χ1) is 9.39. The first-order valence-electron chi connectivity index (χ1n) is 7.16. The molecule has 1 aliphatic rings. The molecule has 0 atom stereocenters. The summed E-state index contributed by atoms with van der Waals surface area (Å²) in [6, 6.07) is 4.81. The van der Waals surface area contributed by atoms with Crippen molar-refractivity contribution >= 4 is 5.91 Å². The topological polar surface area (TPSA) is 46.3 Å². The fourth-order valence-electron chi connectivity index (χ4n) is 2.60. The second-order valence-corrected chi connectivity index (χ2v) is 6.40. The normalized spacial score (nSPS) is 19.0. The predicted molar refractivity (Wildman–Crippen MR) is 77.3 cm³/mol. The number of carbonyl (C=O) groups excluding carboxylic acids is 1. The molecule has 110 valence electrons. The molecule has 1 aromatic carbocycles. The maximum absolute atomic E-state index is 13.5. The van der Waals surface area contributed by atoms with Crippen molar-refractivity contribution in [2.24, 2.45) is 11.1 Å². The first kappa shape index (κ1) is 15.0. The Labute approximate surface area is 120 Å². The Morgan fingerprint density at radius 3 is 2.65 bits per heavy atom. The van der Waals surface area contributed by atoms with Gasteiger partial charge in [-0.25, -0.2) is 4.39 Å². The van der Waals surface area contributed by atoms with Crippen LogP contribution in [0.4, 0.5) is 4.39 Å². The van der Waals surface area contributed by atoms with Gasteiger partial charge in [-0.15, -0.1) is 0 Å². The monoisotopic (exact) mass is 278 g/mol. The van der Waals surface area contributed by atoms with Crippen LogP contribution in [0.1, 0.15) is 44.2 Å². The van der Waals surface area contributed by atoms with E-state index in [2.05, 4.69) is 13.8 Å². The van der Waals surface area contributed by atoms with Crippen LogP contribution in [0.25, 0.3) is 0 Å². The Morgan fingerprint density at radius 1 is 1.25 bits per heavy atom. The van der Waals surface area contributed by atoms with Gasteiger partial charge in [0.25, 0.3) is 0 Å². The van der Waals surface area contributed by atoms with Crippen molar-refractivity contribution in [2.75, 3.05) is 6.54 Å². The number of nitrogens with zero attached hydrogens (tertiary/aromatic N) is 1. The smallest absolute Gasteiger partial charge is 0.222 e. The molecule has 0 radical (unpaired) electrons. The van der Waals surface area contributed by atoms with Crippen LogP contribution in [0.15, 0.2) is 18.2 Å². The average molecular weight is 278 g/mol. The van der Waals surface area contributed by atoms with Crippen molar-refractivity contribution in [1.29, 1.82) is 0 Å². The summed E-state index contributed by atoms with van der Waals surface area (Å²) in [5.41, 5.74) is 7.35. The van der Waals surface area contributed by atoms with Crippen LogP contribution in [-0.2, 0) is 17.9 Å². The van der Waals surface area contributed by atoms with Gasteiger partial charge in [-0.1, -0.05) is 19.9 Å². The van der Waals surface area contributed by atoms with Crippen molar-refractivity contribution in [3.8, 4) is 0 Å². The Kier molecular flexibility index (Phi) is 4.43. The van der Waals surface area contributed by atoms with Crippen LogP contribution >= 0.6 is 0 Å².